The molecule has 2 unspecified atom stereocenters. The number of ether oxygens (including phenoxy) is 1. The van der Waals surface area contributed by atoms with Crippen LogP contribution in [0.15, 0.2) is 12.8 Å². The number of rotatable bonds is 4. The largest absolute Gasteiger partial charge is 0.499 e. The van der Waals surface area contributed by atoms with Crippen molar-refractivity contribution in [3.8, 4) is 0 Å². The van der Waals surface area contributed by atoms with Crippen molar-refractivity contribution in [2.75, 3.05) is 0 Å². The van der Waals surface area contributed by atoms with Crippen molar-refractivity contribution in [1.82, 2.24) is 0 Å². The third kappa shape index (κ3) is 3.17. The van der Waals surface area contributed by atoms with Crippen LogP contribution in [0.3, 0.4) is 0 Å². The Morgan fingerprint density at radius 1 is 1.56 bits per heavy atom. The standard InChI is InChI=1S/C8H16O/c1-5-7(3)8(4)9-6-2/h6-8H,2,5H2,1,3-4H3. The second-order valence-electron chi connectivity index (χ2n) is 2.39. The molecule has 0 heterocycles. The molecule has 0 aromatic carbocycles. The van der Waals surface area contributed by atoms with Crippen LogP contribution in [0.1, 0.15) is 27.2 Å². The highest BCUT2D eigenvalue weighted by atomic mass is 16.5. The van der Waals surface area contributed by atoms with Gasteiger partial charge in [-0.25, -0.2) is 0 Å². The van der Waals surface area contributed by atoms with Crippen LogP contribution in [0, 0.1) is 5.92 Å². The van der Waals surface area contributed by atoms with Gasteiger partial charge >= 0.3 is 0 Å². The fraction of sp³-hybridized carbons (Fsp3) is 0.750. The maximum atomic E-state index is 5.16. The Bertz CT molecular complexity index is 78.6. The maximum absolute atomic E-state index is 5.16. The summed E-state index contributed by atoms with van der Waals surface area (Å²) in [5.74, 6) is 0.628. The summed E-state index contributed by atoms with van der Waals surface area (Å²) >= 11 is 0. The van der Waals surface area contributed by atoms with Crippen molar-refractivity contribution in [2.24, 2.45) is 5.92 Å². The van der Waals surface area contributed by atoms with Crippen LogP contribution in [0.4, 0.5) is 0 Å². The predicted octanol–water partition coefficient (Wildman–Crippen LogP) is 2.58. The fourth-order valence-electron chi connectivity index (χ4n) is 0.618. The average Bonchev–Trinajstić information content (AvgIpc) is 1.87. The average molecular weight is 128 g/mol. The number of hydrogen-bond donors (Lipinski definition) is 0. The normalized spacial score (nSPS) is 16.3. The van der Waals surface area contributed by atoms with Crippen molar-refractivity contribution in [3.05, 3.63) is 12.8 Å². The van der Waals surface area contributed by atoms with E-state index in [2.05, 4.69) is 27.4 Å². The molecule has 0 saturated carbocycles. The summed E-state index contributed by atoms with van der Waals surface area (Å²) in [6.07, 6.45) is 2.98. The van der Waals surface area contributed by atoms with Crippen molar-refractivity contribution in [1.29, 1.82) is 0 Å². The molecule has 54 valence electrons. The zero-order valence-electron chi connectivity index (χ0n) is 6.55. The monoisotopic (exact) mass is 128 g/mol. The zero-order valence-corrected chi connectivity index (χ0v) is 6.55. The summed E-state index contributed by atoms with van der Waals surface area (Å²) in [5, 5.41) is 0. The van der Waals surface area contributed by atoms with Gasteiger partial charge in [0.25, 0.3) is 0 Å². The Hall–Kier alpha value is -0.460. The Kier molecular flexibility index (Phi) is 4.20. The summed E-state index contributed by atoms with van der Waals surface area (Å²) < 4.78 is 5.16. The summed E-state index contributed by atoms with van der Waals surface area (Å²) in [5.41, 5.74) is 0. The lowest BCUT2D eigenvalue weighted by Crippen LogP contribution is -2.14. The van der Waals surface area contributed by atoms with Crippen molar-refractivity contribution in [2.45, 2.75) is 33.3 Å². The highest BCUT2D eigenvalue weighted by molar-refractivity contribution is 4.62. The molecule has 0 aromatic heterocycles. The van der Waals surface area contributed by atoms with Crippen LogP contribution >= 0.6 is 0 Å². The zero-order chi connectivity index (χ0) is 7.28. The van der Waals surface area contributed by atoms with Crippen molar-refractivity contribution in [3.63, 3.8) is 0 Å². The van der Waals surface area contributed by atoms with E-state index in [1.54, 1.807) is 0 Å². The molecule has 0 N–H and O–H groups in total. The molecule has 9 heavy (non-hydrogen) atoms. The first kappa shape index (κ1) is 8.54. The van der Waals surface area contributed by atoms with Crippen LogP contribution in [0.2, 0.25) is 0 Å². The van der Waals surface area contributed by atoms with E-state index in [0.29, 0.717) is 12.0 Å². The third-order valence-electron chi connectivity index (χ3n) is 1.76. The summed E-state index contributed by atoms with van der Waals surface area (Å²) in [6.45, 7) is 9.90. The van der Waals surface area contributed by atoms with E-state index >= 15 is 0 Å². The highest BCUT2D eigenvalue weighted by Gasteiger charge is 2.07. The van der Waals surface area contributed by atoms with Crippen molar-refractivity contribution < 1.29 is 4.74 Å². The molecule has 1 nitrogen and oxygen atoms in total. The molecule has 0 aromatic rings. The minimum absolute atomic E-state index is 0.312. The van der Waals surface area contributed by atoms with Crippen LogP contribution in [-0.2, 0) is 4.74 Å². The minimum atomic E-state index is 0.312. The van der Waals surface area contributed by atoms with Gasteiger partial charge in [-0.3, -0.25) is 0 Å². The molecule has 1 heteroatoms. The van der Waals surface area contributed by atoms with E-state index in [4.69, 9.17) is 4.74 Å². The van der Waals surface area contributed by atoms with Crippen molar-refractivity contribution >= 4 is 0 Å². The van der Waals surface area contributed by atoms with Gasteiger partial charge in [-0.05, 0) is 12.8 Å². The first-order chi connectivity index (χ1) is 4.22. The van der Waals surface area contributed by atoms with Crippen LogP contribution in [0.5, 0.6) is 0 Å². The predicted molar refractivity (Wildman–Crippen MR) is 40.2 cm³/mol. The molecule has 0 aliphatic carbocycles. The molecular weight excluding hydrogens is 112 g/mol. The van der Waals surface area contributed by atoms with E-state index in [1.165, 1.54) is 6.26 Å². The van der Waals surface area contributed by atoms with Gasteiger partial charge in [0.15, 0.2) is 0 Å². The van der Waals surface area contributed by atoms with E-state index in [1.807, 2.05) is 0 Å². The lowest BCUT2D eigenvalue weighted by Gasteiger charge is -2.16. The second kappa shape index (κ2) is 4.42. The Balaban J connectivity index is 3.44. The van der Waals surface area contributed by atoms with Crippen LogP contribution < -0.4 is 0 Å². The molecule has 0 saturated heterocycles. The SMILES string of the molecule is C=COC(C)C(C)CC. The lowest BCUT2D eigenvalue weighted by atomic mass is 10.0. The molecule has 0 aliphatic rings. The molecule has 0 amide bonds. The van der Waals surface area contributed by atoms with Crippen LogP contribution in [0.25, 0.3) is 0 Å². The molecular formula is C8H16O. The highest BCUT2D eigenvalue weighted by Crippen LogP contribution is 2.09. The molecule has 0 aliphatic heterocycles. The topological polar surface area (TPSA) is 9.23 Å². The first-order valence-corrected chi connectivity index (χ1v) is 3.48. The Labute approximate surface area is 57.7 Å². The van der Waals surface area contributed by atoms with Gasteiger partial charge in [-0.15, -0.1) is 0 Å². The molecule has 0 radical (unpaired) electrons. The lowest BCUT2D eigenvalue weighted by molar-refractivity contribution is 0.109. The second-order valence-corrected chi connectivity index (χ2v) is 2.39. The van der Waals surface area contributed by atoms with Gasteiger partial charge in [0.1, 0.15) is 0 Å². The summed E-state index contributed by atoms with van der Waals surface area (Å²) in [6, 6.07) is 0. The fourth-order valence-corrected chi connectivity index (χ4v) is 0.618. The number of hydrogen-bond acceptors (Lipinski definition) is 1. The summed E-state index contributed by atoms with van der Waals surface area (Å²) in [7, 11) is 0. The van der Waals surface area contributed by atoms with E-state index in [0.717, 1.165) is 6.42 Å². The Morgan fingerprint density at radius 3 is 2.44 bits per heavy atom. The van der Waals surface area contributed by atoms with Gasteiger partial charge in [0, 0.05) is 0 Å². The van der Waals surface area contributed by atoms with Gasteiger partial charge in [0.2, 0.25) is 0 Å². The maximum Gasteiger partial charge on any atom is 0.0975 e. The van der Waals surface area contributed by atoms with Gasteiger partial charge < -0.3 is 4.74 Å². The molecule has 0 fully saturated rings. The quantitative estimate of drug-likeness (QED) is 0.529. The third-order valence-corrected chi connectivity index (χ3v) is 1.76. The van der Waals surface area contributed by atoms with Gasteiger partial charge in [-0.2, -0.15) is 0 Å². The Morgan fingerprint density at radius 2 is 2.11 bits per heavy atom. The van der Waals surface area contributed by atoms with E-state index in [9.17, 15) is 0 Å². The van der Waals surface area contributed by atoms with Gasteiger partial charge in [-0.1, -0.05) is 26.8 Å². The molecule has 2 atom stereocenters. The molecule has 0 rings (SSSR count). The minimum Gasteiger partial charge on any atom is -0.499 e. The first-order valence-electron chi connectivity index (χ1n) is 3.48. The molecule has 0 bridgehead atoms. The molecule has 0 spiro atoms. The van der Waals surface area contributed by atoms with Gasteiger partial charge in [0.05, 0.1) is 12.4 Å². The smallest absolute Gasteiger partial charge is 0.0975 e. The summed E-state index contributed by atoms with van der Waals surface area (Å²) in [4.78, 5) is 0. The van der Waals surface area contributed by atoms with E-state index in [-0.39, 0.29) is 0 Å². The van der Waals surface area contributed by atoms with Crippen LogP contribution in [-0.4, -0.2) is 6.10 Å². The van der Waals surface area contributed by atoms with E-state index < -0.39 is 0 Å².